The number of hydrogen-bond donors (Lipinski definition) is 2. The average molecular weight is 282 g/mol. The molecule has 0 aliphatic rings. The van der Waals surface area contributed by atoms with Crippen molar-refractivity contribution in [3.63, 3.8) is 0 Å². The van der Waals surface area contributed by atoms with Crippen molar-refractivity contribution in [1.29, 1.82) is 0 Å². The highest BCUT2D eigenvalue weighted by molar-refractivity contribution is 6.34. The summed E-state index contributed by atoms with van der Waals surface area (Å²) >= 11 is 5.94. The zero-order valence-electron chi connectivity index (χ0n) is 10.2. The molecule has 0 radical (unpaired) electrons. The van der Waals surface area contributed by atoms with Gasteiger partial charge >= 0.3 is 5.97 Å². The Balaban J connectivity index is 2.59. The predicted molar refractivity (Wildman–Crippen MR) is 71.2 cm³/mol. The summed E-state index contributed by atoms with van der Waals surface area (Å²) in [6.07, 6.45) is 0.868. The number of rotatable bonds is 4. The summed E-state index contributed by atoms with van der Waals surface area (Å²) in [7, 11) is 0. The first kappa shape index (κ1) is 13.4. The molecule has 1 aromatic heterocycles. The third kappa shape index (κ3) is 2.56. The fraction of sp³-hybridized carbons (Fsp3) is 0.231. The van der Waals surface area contributed by atoms with Gasteiger partial charge < -0.3 is 14.9 Å². The van der Waals surface area contributed by atoms with E-state index in [0.717, 1.165) is 6.42 Å². The number of aromatic nitrogens is 1. The summed E-state index contributed by atoms with van der Waals surface area (Å²) in [5.74, 6) is -1.12. The average Bonchev–Trinajstić information content (AvgIpc) is 2.40. The first-order valence-corrected chi connectivity index (χ1v) is 6.10. The first-order valence-electron chi connectivity index (χ1n) is 5.73. The van der Waals surface area contributed by atoms with Crippen molar-refractivity contribution in [3.05, 3.63) is 29.0 Å². The van der Waals surface area contributed by atoms with Crippen LogP contribution in [-0.2, 0) is 0 Å². The fourth-order valence-electron chi connectivity index (χ4n) is 1.70. The number of nitrogens with zero attached hydrogens (tertiary/aromatic N) is 1. The zero-order valence-corrected chi connectivity index (χ0v) is 10.9. The van der Waals surface area contributed by atoms with Crippen molar-refractivity contribution in [3.8, 4) is 11.5 Å². The van der Waals surface area contributed by atoms with E-state index in [4.69, 9.17) is 21.4 Å². The number of ether oxygens (including phenoxy) is 1. The number of halogens is 1. The predicted octanol–water partition coefficient (Wildman–Crippen LogP) is 3.08. The van der Waals surface area contributed by atoms with Crippen LogP contribution in [0.1, 0.15) is 23.8 Å². The molecular formula is C13H12ClNO4. The molecule has 0 unspecified atom stereocenters. The molecule has 0 atom stereocenters. The first-order chi connectivity index (χ1) is 9.04. The smallest absolute Gasteiger partial charge is 0.358 e. The monoisotopic (exact) mass is 281 g/mol. The van der Waals surface area contributed by atoms with E-state index in [9.17, 15) is 9.90 Å². The number of pyridine rings is 1. The molecule has 0 spiro atoms. The van der Waals surface area contributed by atoms with Gasteiger partial charge in [0.05, 0.1) is 6.61 Å². The molecule has 2 rings (SSSR count). The summed E-state index contributed by atoms with van der Waals surface area (Å²) in [6, 6.07) is 4.85. The number of aromatic hydroxyl groups is 1. The maximum Gasteiger partial charge on any atom is 0.358 e. The molecule has 5 nitrogen and oxygen atoms in total. The van der Waals surface area contributed by atoms with Crippen molar-refractivity contribution in [2.24, 2.45) is 0 Å². The van der Waals surface area contributed by atoms with Crippen LogP contribution >= 0.6 is 11.6 Å². The van der Waals surface area contributed by atoms with Gasteiger partial charge in [0.25, 0.3) is 0 Å². The van der Waals surface area contributed by atoms with Crippen LogP contribution in [0.25, 0.3) is 10.8 Å². The van der Waals surface area contributed by atoms with Crippen LogP contribution in [0.4, 0.5) is 0 Å². The maximum absolute atomic E-state index is 10.9. The van der Waals surface area contributed by atoms with Gasteiger partial charge in [-0.25, -0.2) is 9.78 Å². The zero-order chi connectivity index (χ0) is 14.0. The normalized spacial score (nSPS) is 10.6. The van der Waals surface area contributed by atoms with Crippen molar-refractivity contribution in [2.75, 3.05) is 6.61 Å². The highest BCUT2D eigenvalue weighted by Crippen LogP contribution is 2.34. The molecule has 2 N–H and O–H groups in total. The number of carboxylic acid groups (broad SMARTS) is 1. The molecule has 0 aliphatic heterocycles. The Labute approximate surface area is 114 Å². The standard InChI is InChI=1S/C13H12ClNO4/c1-2-5-19-7-3-4-8-9(6-7)12(14)15-10(11(8)16)13(17)18/h3-4,6,16H,2,5H2,1H3,(H,17,18). The number of carbonyl (C=O) groups is 1. The molecule has 1 heterocycles. The molecule has 0 saturated heterocycles. The third-order valence-corrected chi connectivity index (χ3v) is 2.87. The highest BCUT2D eigenvalue weighted by atomic mass is 35.5. The molecule has 100 valence electrons. The Morgan fingerprint density at radius 1 is 1.42 bits per heavy atom. The molecule has 0 bridgehead atoms. The second-order valence-electron chi connectivity index (χ2n) is 3.96. The van der Waals surface area contributed by atoms with E-state index in [1.807, 2.05) is 6.92 Å². The van der Waals surface area contributed by atoms with E-state index in [0.29, 0.717) is 23.1 Å². The Morgan fingerprint density at radius 3 is 2.79 bits per heavy atom. The molecule has 6 heteroatoms. The van der Waals surface area contributed by atoms with Gasteiger partial charge in [-0.15, -0.1) is 0 Å². The molecule has 0 fully saturated rings. The summed E-state index contributed by atoms with van der Waals surface area (Å²) in [5, 5.41) is 19.6. The minimum Gasteiger partial charge on any atom is -0.505 e. The summed E-state index contributed by atoms with van der Waals surface area (Å²) < 4.78 is 5.45. The summed E-state index contributed by atoms with van der Waals surface area (Å²) in [4.78, 5) is 14.6. The van der Waals surface area contributed by atoms with Crippen LogP contribution in [0.3, 0.4) is 0 Å². The van der Waals surface area contributed by atoms with Gasteiger partial charge in [-0.2, -0.15) is 0 Å². The number of hydrogen-bond acceptors (Lipinski definition) is 4. The van der Waals surface area contributed by atoms with E-state index in [1.54, 1.807) is 18.2 Å². The molecule has 0 amide bonds. The molecule has 0 aliphatic carbocycles. The third-order valence-electron chi connectivity index (χ3n) is 2.58. The largest absolute Gasteiger partial charge is 0.505 e. The number of aromatic carboxylic acids is 1. The van der Waals surface area contributed by atoms with Gasteiger partial charge in [0.2, 0.25) is 0 Å². The van der Waals surface area contributed by atoms with E-state index in [1.165, 1.54) is 0 Å². The Hall–Kier alpha value is -2.01. The quantitative estimate of drug-likeness (QED) is 0.842. The van der Waals surface area contributed by atoms with Gasteiger partial charge in [-0.05, 0) is 24.6 Å². The van der Waals surface area contributed by atoms with E-state index < -0.39 is 17.4 Å². The van der Waals surface area contributed by atoms with Crippen LogP contribution in [0, 0.1) is 0 Å². The van der Waals surface area contributed by atoms with Crippen molar-refractivity contribution in [2.45, 2.75) is 13.3 Å². The topological polar surface area (TPSA) is 79.7 Å². The van der Waals surface area contributed by atoms with Crippen molar-refractivity contribution in [1.82, 2.24) is 4.98 Å². The van der Waals surface area contributed by atoms with Gasteiger partial charge in [0.1, 0.15) is 10.9 Å². The molecule has 19 heavy (non-hydrogen) atoms. The summed E-state index contributed by atoms with van der Waals surface area (Å²) in [5.41, 5.74) is -0.459. The van der Waals surface area contributed by atoms with Crippen LogP contribution in [0.2, 0.25) is 5.15 Å². The minimum absolute atomic E-state index is 0.0205. The number of carboxylic acids is 1. The van der Waals surface area contributed by atoms with E-state index >= 15 is 0 Å². The SMILES string of the molecule is CCCOc1ccc2c(O)c(C(=O)O)nc(Cl)c2c1. The molecular weight excluding hydrogens is 270 g/mol. The molecule has 1 aromatic carbocycles. The summed E-state index contributed by atoms with van der Waals surface area (Å²) in [6.45, 7) is 2.55. The Morgan fingerprint density at radius 2 is 2.16 bits per heavy atom. The fourth-order valence-corrected chi connectivity index (χ4v) is 1.94. The van der Waals surface area contributed by atoms with Crippen molar-refractivity contribution >= 4 is 28.3 Å². The van der Waals surface area contributed by atoms with Gasteiger partial charge in [0.15, 0.2) is 11.4 Å². The van der Waals surface area contributed by atoms with Crippen LogP contribution < -0.4 is 4.74 Å². The minimum atomic E-state index is -1.33. The van der Waals surface area contributed by atoms with Gasteiger partial charge in [-0.1, -0.05) is 18.5 Å². The van der Waals surface area contributed by atoms with Crippen molar-refractivity contribution < 1.29 is 19.7 Å². The molecule has 2 aromatic rings. The van der Waals surface area contributed by atoms with Gasteiger partial charge in [-0.3, -0.25) is 0 Å². The Bertz CT molecular complexity index is 642. The maximum atomic E-state index is 10.9. The van der Waals surface area contributed by atoms with Gasteiger partial charge in [0, 0.05) is 10.8 Å². The van der Waals surface area contributed by atoms with Crippen LogP contribution in [0.15, 0.2) is 18.2 Å². The van der Waals surface area contributed by atoms with E-state index in [2.05, 4.69) is 4.98 Å². The second kappa shape index (κ2) is 5.32. The Kier molecular flexibility index (Phi) is 3.76. The molecule has 0 saturated carbocycles. The van der Waals surface area contributed by atoms with Crippen LogP contribution in [-0.4, -0.2) is 27.8 Å². The lowest BCUT2D eigenvalue weighted by molar-refractivity contribution is 0.0687. The lowest BCUT2D eigenvalue weighted by Crippen LogP contribution is -2.02. The number of fused-ring (bicyclic) bond motifs is 1. The van der Waals surface area contributed by atoms with E-state index in [-0.39, 0.29) is 5.15 Å². The highest BCUT2D eigenvalue weighted by Gasteiger charge is 2.17. The van der Waals surface area contributed by atoms with Crippen LogP contribution in [0.5, 0.6) is 11.5 Å². The second-order valence-corrected chi connectivity index (χ2v) is 4.32. The number of benzene rings is 1. The lowest BCUT2D eigenvalue weighted by Gasteiger charge is -2.09. The lowest BCUT2D eigenvalue weighted by atomic mass is 10.1.